The fourth-order valence-corrected chi connectivity index (χ4v) is 4.19. The van der Waals surface area contributed by atoms with Crippen LogP contribution in [-0.2, 0) is 12.8 Å². The molecule has 0 spiro atoms. The van der Waals surface area contributed by atoms with E-state index in [1.807, 2.05) is 17.4 Å². The number of hydrogen-bond acceptors (Lipinski definition) is 4. The van der Waals surface area contributed by atoms with Crippen molar-refractivity contribution in [2.75, 3.05) is 0 Å². The molecule has 1 aliphatic rings. The predicted octanol–water partition coefficient (Wildman–Crippen LogP) is 3.75. The monoisotopic (exact) mass is 273 g/mol. The SMILES string of the molecule is c1csc(-c2nc(-c3cc4c(s3)CCC4)n[nH]2)c1. The molecule has 0 saturated heterocycles. The molecule has 18 heavy (non-hydrogen) atoms. The normalized spacial score (nSPS) is 14.0. The van der Waals surface area contributed by atoms with Crippen molar-refractivity contribution in [2.24, 2.45) is 0 Å². The molecule has 3 aromatic heterocycles. The van der Waals surface area contributed by atoms with Crippen molar-refractivity contribution in [1.82, 2.24) is 15.2 Å². The molecule has 0 fully saturated rings. The van der Waals surface area contributed by atoms with Gasteiger partial charge >= 0.3 is 0 Å². The molecule has 0 radical (unpaired) electrons. The number of fused-ring (bicyclic) bond motifs is 1. The predicted molar refractivity (Wildman–Crippen MR) is 75.0 cm³/mol. The minimum absolute atomic E-state index is 0.831. The van der Waals surface area contributed by atoms with Crippen LogP contribution in [0, 0.1) is 0 Å². The molecule has 0 saturated carbocycles. The number of nitrogens with one attached hydrogen (secondary N) is 1. The Balaban J connectivity index is 1.72. The summed E-state index contributed by atoms with van der Waals surface area (Å²) in [5.41, 5.74) is 1.50. The summed E-state index contributed by atoms with van der Waals surface area (Å²) in [4.78, 5) is 8.44. The van der Waals surface area contributed by atoms with E-state index in [9.17, 15) is 0 Å². The number of aromatic amines is 1. The number of aromatic nitrogens is 3. The third kappa shape index (κ3) is 1.62. The van der Waals surface area contributed by atoms with E-state index in [2.05, 4.69) is 32.7 Å². The van der Waals surface area contributed by atoms with E-state index in [-0.39, 0.29) is 0 Å². The Hall–Kier alpha value is -1.46. The van der Waals surface area contributed by atoms with Crippen LogP contribution in [0.25, 0.3) is 21.4 Å². The molecular weight excluding hydrogens is 262 g/mol. The van der Waals surface area contributed by atoms with Crippen molar-refractivity contribution < 1.29 is 0 Å². The van der Waals surface area contributed by atoms with Gasteiger partial charge in [-0.15, -0.1) is 22.7 Å². The van der Waals surface area contributed by atoms with E-state index in [1.54, 1.807) is 11.3 Å². The first-order chi connectivity index (χ1) is 8.90. The standard InChI is InChI=1S/C13H11N3S2/c1-3-8-7-11(18-9(8)4-1)13-14-12(15-16-13)10-5-2-6-17-10/h2,5-7H,1,3-4H2,(H,14,15,16). The molecule has 3 nitrogen and oxygen atoms in total. The quantitative estimate of drug-likeness (QED) is 0.772. The van der Waals surface area contributed by atoms with E-state index in [4.69, 9.17) is 0 Å². The van der Waals surface area contributed by atoms with Gasteiger partial charge in [0.25, 0.3) is 0 Å². The summed E-state index contributed by atoms with van der Waals surface area (Å²) < 4.78 is 0. The molecule has 5 heteroatoms. The number of rotatable bonds is 2. The minimum atomic E-state index is 0.831. The van der Waals surface area contributed by atoms with Crippen LogP contribution in [0.4, 0.5) is 0 Å². The Bertz CT molecular complexity index is 657. The summed E-state index contributed by atoms with van der Waals surface area (Å²) in [6.45, 7) is 0. The van der Waals surface area contributed by atoms with Gasteiger partial charge in [-0.1, -0.05) is 6.07 Å². The van der Waals surface area contributed by atoms with Gasteiger partial charge in [-0.05, 0) is 42.3 Å². The number of H-pyrrole nitrogens is 1. The molecule has 90 valence electrons. The molecule has 0 atom stereocenters. The molecule has 0 aliphatic heterocycles. The van der Waals surface area contributed by atoms with E-state index in [1.165, 1.54) is 34.6 Å². The highest BCUT2D eigenvalue weighted by molar-refractivity contribution is 7.15. The second-order valence-corrected chi connectivity index (χ2v) is 6.48. The third-order valence-corrected chi connectivity index (χ3v) is 5.32. The smallest absolute Gasteiger partial charge is 0.191 e. The van der Waals surface area contributed by atoms with Crippen LogP contribution in [0.15, 0.2) is 23.6 Å². The van der Waals surface area contributed by atoms with Gasteiger partial charge in [0.05, 0.1) is 9.75 Å². The van der Waals surface area contributed by atoms with Crippen LogP contribution >= 0.6 is 22.7 Å². The van der Waals surface area contributed by atoms with Crippen LogP contribution in [0.2, 0.25) is 0 Å². The lowest BCUT2D eigenvalue weighted by atomic mass is 10.2. The largest absolute Gasteiger partial charge is 0.258 e. The molecule has 1 aliphatic carbocycles. The van der Waals surface area contributed by atoms with Crippen LogP contribution in [0.1, 0.15) is 16.9 Å². The summed E-state index contributed by atoms with van der Waals surface area (Å²) >= 11 is 3.52. The first-order valence-electron chi connectivity index (χ1n) is 5.98. The van der Waals surface area contributed by atoms with Crippen molar-refractivity contribution >= 4 is 22.7 Å². The van der Waals surface area contributed by atoms with Crippen molar-refractivity contribution in [2.45, 2.75) is 19.3 Å². The van der Waals surface area contributed by atoms with Gasteiger partial charge in [0, 0.05) is 4.88 Å². The zero-order chi connectivity index (χ0) is 11.9. The Morgan fingerprint density at radius 2 is 2.22 bits per heavy atom. The molecule has 0 amide bonds. The molecule has 0 aromatic carbocycles. The number of nitrogens with zero attached hydrogens (tertiary/aromatic N) is 2. The Labute approximate surface area is 113 Å². The molecule has 0 bridgehead atoms. The maximum atomic E-state index is 4.59. The van der Waals surface area contributed by atoms with Crippen molar-refractivity contribution in [3.8, 4) is 21.4 Å². The van der Waals surface area contributed by atoms with Gasteiger partial charge in [-0.3, -0.25) is 5.10 Å². The summed E-state index contributed by atoms with van der Waals surface area (Å²) in [6, 6.07) is 6.35. The van der Waals surface area contributed by atoms with Crippen molar-refractivity contribution in [1.29, 1.82) is 0 Å². The molecule has 3 heterocycles. The van der Waals surface area contributed by atoms with E-state index in [0.717, 1.165) is 16.5 Å². The maximum Gasteiger partial charge on any atom is 0.191 e. The fraction of sp³-hybridized carbons (Fsp3) is 0.231. The molecule has 1 N–H and O–H groups in total. The lowest BCUT2D eigenvalue weighted by Gasteiger charge is -1.88. The highest BCUT2D eigenvalue weighted by Gasteiger charge is 2.18. The van der Waals surface area contributed by atoms with Gasteiger partial charge in [-0.2, -0.15) is 5.10 Å². The first-order valence-corrected chi connectivity index (χ1v) is 7.68. The minimum Gasteiger partial charge on any atom is -0.258 e. The van der Waals surface area contributed by atoms with E-state index in [0.29, 0.717) is 0 Å². The molecule has 0 unspecified atom stereocenters. The maximum absolute atomic E-state index is 4.59. The van der Waals surface area contributed by atoms with Crippen molar-refractivity contribution in [3.63, 3.8) is 0 Å². The number of aryl methyl sites for hydroxylation is 2. The average Bonchev–Trinajstić information content (AvgIpc) is 3.13. The van der Waals surface area contributed by atoms with Gasteiger partial charge in [0.15, 0.2) is 11.6 Å². The Morgan fingerprint density at radius 1 is 1.22 bits per heavy atom. The van der Waals surface area contributed by atoms with E-state index < -0.39 is 0 Å². The van der Waals surface area contributed by atoms with Gasteiger partial charge in [0.1, 0.15) is 0 Å². The Kier molecular flexibility index (Phi) is 2.34. The average molecular weight is 273 g/mol. The van der Waals surface area contributed by atoms with Crippen LogP contribution in [0.3, 0.4) is 0 Å². The van der Waals surface area contributed by atoms with Crippen LogP contribution in [-0.4, -0.2) is 15.2 Å². The van der Waals surface area contributed by atoms with Crippen LogP contribution < -0.4 is 0 Å². The number of thiophene rings is 2. The van der Waals surface area contributed by atoms with Gasteiger partial charge < -0.3 is 0 Å². The second kappa shape index (κ2) is 4.03. The zero-order valence-electron chi connectivity index (χ0n) is 9.64. The second-order valence-electron chi connectivity index (χ2n) is 4.40. The zero-order valence-corrected chi connectivity index (χ0v) is 11.3. The summed E-state index contributed by atoms with van der Waals surface area (Å²) in [5.74, 6) is 1.70. The van der Waals surface area contributed by atoms with Gasteiger partial charge in [0.2, 0.25) is 0 Å². The first kappa shape index (κ1) is 10.5. The highest BCUT2D eigenvalue weighted by atomic mass is 32.1. The van der Waals surface area contributed by atoms with Gasteiger partial charge in [-0.25, -0.2) is 4.98 Å². The third-order valence-electron chi connectivity index (χ3n) is 3.21. The summed E-state index contributed by atoms with van der Waals surface area (Å²) in [6.07, 6.45) is 3.74. The lowest BCUT2D eigenvalue weighted by molar-refractivity contribution is 0.915. The topological polar surface area (TPSA) is 41.6 Å². The molecular formula is C13H11N3S2. The van der Waals surface area contributed by atoms with Crippen LogP contribution in [0.5, 0.6) is 0 Å². The highest BCUT2D eigenvalue weighted by Crippen LogP contribution is 2.35. The molecule has 4 rings (SSSR count). The lowest BCUT2D eigenvalue weighted by Crippen LogP contribution is -1.76. The Morgan fingerprint density at radius 3 is 3.06 bits per heavy atom. The molecule has 3 aromatic rings. The number of hydrogen-bond donors (Lipinski definition) is 1. The summed E-state index contributed by atoms with van der Waals surface area (Å²) in [7, 11) is 0. The fourth-order valence-electron chi connectivity index (χ4n) is 2.33. The summed E-state index contributed by atoms with van der Waals surface area (Å²) in [5, 5.41) is 9.42. The van der Waals surface area contributed by atoms with Crippen molar-refractivity contribution in [3.05, 3.63) is 34.0 Å². The van der Waals surface area contributed by atoms with E-state index >= 15 is 0 Å².